The van der Waals surface area contributed by atoms with Crippen molar-refractivity contribution in [2.45, 2.75) is 19.4 Å². The van der Waals surface area contributed by atoms with Crippen molar-refractivity contribution < 1.29 is 9.53 Å². The number of halogens is 2. The van der Waals surface area contributed by atoms with Gasteiger partial charge in [-0.25, -0.2) is 0 Å². The number of carbonyl (C=O) groups is 1. The molecule has 2 aromatic rings. The Morgan fingerprint density at radius 1 is 0.905 bits per heavy atom. The first-order valence-electron chi connectivity index (χ1n) is 6.76. The molecule has 0 aliphatic carbocycles. The minimum atomic E-state index is 0.162. The summed E-state index contributed by atoms with van der Waals surface area (Å²) in [5.41, 5.74) is 1.89. The van der Waals surface area contributed by atoms with Crippen molar-refractivity contribution in [3.63, 3.8) is 0 Å². The first kappa shape index (κ1) is 16.4. The molecule has 0 bridgehead atoms. The molecule has 110 valence electrons. The summed E-state index contributed by atoms with van der Waals surface area (Å²) in [4.78, 5) is 12.0. The van der Waals surface area contributed by atoms with Gasteiger partial charge >= 0.3 is 0 Å². The number of carbonyl (C=O) groups excluding carboxylic acids is 1. The second-order valence-electron chi connectivity index (χ2n) is 4.71. The van der Waals surface area contributed by atoms with Crippen LogP contribution in [0, 0.1) is 0 Å². The van der Waals surface area contributed by atoms with Crippen LogP contribution in [-0.2, 0) is 11.3 Å². The Balaban J connectivity index is 1.66. The van der Waals surface area contributed by atoms with E-state index in [1.54, 1.807) is 0 Å². The molecule has 0 atom stereocenters. The van der Waals surface area contributed by atoms with Crippen molar-refractivity contribution in [1.29, 1.82) is 0 Å². The lowest BCUT2D eigenvalue weighted by Crippen LogP contribution is -2.02. The monoisotopic (exact) mass is 410 g/mol. The zero-order chi connectivity index (χ0) is 15.1. The third-order valence-corrected chi connectivity index (χ3v) is 4.10. The fourth-order valence-electron chi connectivity index (χ4n) is 1.89. The highest BCUT2D eigenvalue weighted by Gasteiger charge is 2.05. The summed E-state index contributed by atoms with van der Waals surface area (Å²) in [5, 5.41) is 0. The van der Waals surface area contributed by atoms with Gasteiger partial charge in [0.15, 0.2) is 5.78 Å². The van der Waals surface area contributed by atoms with Gasteiger partial charge in [0.1, 0.15) is 0 Å². The van der Waals surface area contributed by atoms with Gasteiger partial charge in [-0.3, -0.25) is 4.79 Å². The van der Waals surface area contributed by atoms with Crippen molar-refractivity contribution >= 4 is 37.6 Å². The predicted molar refractivity (Wildman–Crippen MR) is 91.5 cm³/mol. The number of hydrogen-bond donors (Lipinski definition) is 0. The molecule has 0 N–H and O–H groups in total. The third kappa shape index (κ3) is 5.73. The highest BCUT2D eigenvalue weighted by atomic mass is 79.9. The van der Waals surface area contributed by atoms with E-state index in [0.717, 1.165) is 26.5 Å². The normalized spacial score (nSPS) is 10.6. The zero-order valence-corrected chi connectivity index (χ0v) is 14.7. The Hall–Kier alpha value is -0.970. The summed E-state index contributed by atoms with van der Waals surface area (Å²) in [5.74, 6) is 0.162. The quantitative estimate of drug-likeness (QED) is 0.450. The second kappa shape index (κ2) is 8.47. The Morgan fingerprint density at radius 2 is 1.48 bits per heavy atom. The number of ketones is 1. The minimum Gasteiger partial charge on any atom is -0.377 e. The van der Waals surface area contributed by atoms with E-state index >= 15 is 0 Å². The molecular weight excluding hydrogens is 396 g/mol. The van der Waals surface area contributed by atoms with Crippen LogP contribution in [0.2, 0.25) is 0 Å². The second-order valence-corrected chi connectivity index (χ2v) is 6.54. The standard InChI is InChI=1S/C17H16Br2O2/c18-15-7-3-13(4-8-15)12-21-11-1-2-17(20)14-5-9-16(19)10-6-14/h3-10H,1-2,11-12H2. The number of rotatable bonds is 7. The molecule has 0 saturated heterocycles. The first-order chi connectivity index (χ1) is 10.1. The SMILES string of the molecule is O=C(CCCOCc1ccc(Br)cc1)c1ccc(Br)cc1. The van der Waals surface area contributed by atoms with Crippen molar-refractivity contribution in [1.82, 2.24) is 0 Å². The Labute approximate surface area is 141 Å². The zero-order valence-electron chi connectivity index (χ0n) is 11.5. The number of ether oxygens (including phenoxy) is 1. The molecule has 2 rings (SSSR count). The van der Waals surface area contributed by atoms with Crippen molar-refractivity contribution in [2.75, 3.05) is 6.61 Å². The number of Topliss-reactive ketones (excluding diaryl/α,β-unsaturated/α-hetero) is 1. The van der Waals surface area contributed by atoms with Crippen LogP contribution in [0.1, 0.15) is 28.8 Å². The van der Waals surface area contributed by atoms with Crippen LogP contribution in [0.5, 0.6) is 0 Å². The molecule has 0 fully saturated rings. The molecule has 0 unspecified atom stereocenters. The van der Waals surface area contributed by atoms with Crippen LogP contribution in [0.3, 0.4) is 0 Å². The van der Waals surface area contributed by atoms with Crippen molar-refractivity contribution in [2.24, 2.45) is 0 Å². The molecule has 0 heterocycles. The number of benzene rings is 2. The molecule has 0 aromatic heterocycles. The van der Waals surface area contributed by atoms with E-state index in [-0.39, 0.29) is 5.78 Å². The molecule has 2 aromatic carbocycles. The third-order valence-electron chi connectivity index (χ3n) is 3.04. The van der Waals surface area contributed by atoms with E-state index in [1.165, 1.54) is 0 Å². The minimum absolute atomic E-state index is 0.162. The highest BCUT2D eigenvalue weighted by molar-refractivity contribution is 9.10. The maximum Gasteiger partial charge on any atom is 0.162 e. The van der Waals surface area contributed by atoms with Gasteiger partial charge in [-0.1, -0.05) is 56.1 Å². The largest absolute Gasteiger partial charge is 0.377 e. The van der Waals surface area contributed by atoms with Crippen LogP contribution in [-0.4, -0.2) is 12.4 Å². The van der Waals surface area contributed by atoms with E-state index in [1.807, 2.05) is 48.5 Å². The smallest absolute Gasteiger partial charge is 0.162 e. The summed E-state index contributed by atoms with van der Waals surface area (Å²) >= 11 is 6.76. The van der Waals surface area contributed by atoms with Gasteiger partial charge in [0.2, 0.25) is 0 Å². The van der Waals surface area contributed by atoms with E-state index < -0.39 is 0 Å². The summed E-state index contributed by atoms with van der Waals surface area (Å²) < 4.78 is 7.63. The molecule has 0 spiro atoms. The maximum absolute atomic E-state index is 12.0. The fourth-order valence-corrected chi connectivity index (χ4v) is 2.41. The maximum atomic E-state index is 12.0. The number of hydrogen-bond acceptors (Lipinski definition) is 2. The Bertz CT molecular complexity index is 577. The van der Waals surface area contributed by atoms with Gasteiger partial charge in [-0.2, -0.15) is 0 Å². The van der Waals surface area contributed by atoms with Crippen LogP contribution < -0.4 is 0 Å². The van der Waals surface area contributed by atoms with Gasteiger partial charge in [-0.15, -0.1) is 0 Å². The van der Waals surface area contributed by atoms with Crippen LogP contribution >= 0.6 is 31.9 Å². The fraction of sp³-hybridized carbons (Fsp3) is 0.235. The van der Waals surface area contributed by atoms with E-state index in [4.69, 9.17) is 4.74 Å². The van der Waals surface area contributed by atoms with Gasteiger partial charge in [0.05, 0.1) is 6.61 Å². The highest BCUT2D eigenvalue weighted by Crippen LogP contribution is 2.13. The average Bonchev–Trinajstić information content (AvgIpc) is 2.49. The van der Waals surface area contributed by atoms with Gasteiger partial charge in [0.25, 0.3) is 0 Å². The molecule has 0 radical (unpaired) electrons. The molecular formula is C17H16Br2O2. The van der Waals surface area contributed by atoms with E-state index in [9.17, 15) is 4.79 Å². The summed E-state index contributed by atoms with van der Waals surface area (Å²) in [6.45, 7) is 1.18. The summed E-state index contributed by atoms with van der Waals surface area (Å²) in [6.07, 6.45) is 1.26. The summed E-state index contributed by atoms with van der Waals surface area (Å²) in [6, 6.07) is 15.5. The lowest BCUT2D eigenvalue weighted by atomic mass is 10.1. The Morgan fingerprint density at radius 3 is 2.10 bits per heavy atom. The molecule has 0 aliphatic heterocycles. The van der Waals surface area contributed by atoms with Gasteiger partial charge < -0.3 is 4.74 Å². The molecule has 21 heavy (non-hydrogen) atoms. The first-order valence-corrected chi connectivity index (χ1v) is 8.35. The van der Waals surface area contributed by atoms with Crippen LogP contribution in [0.4, 0.5) is 0 Å². The molecule has 4 heteroatoms. The van der Waals surface area contributed by atoms with Crippen LogP contribution in [0.25, 0.3) is 0 Å². The van der Waals surface area contributed by atoms with E-state index in [0.29, 0.717) is 19.6 Å². The predicted octanol–water partition coefficient (Wildman–Crippen LogP) is 5.39. The van der Waals surface area contributed by atoms with Crippen molar-refractivity contribution in [3.05, 3.63) is 68.6 Å². The summed E-state index contributed by atoms with van der Waals surface area (Å²) in [7, 11) is 0. The van der Waals surface area contributed by atoms with Gasteiger partial charge in [0, 0.05) is 27.5 Å². The topological polar surface area (TPSA) is 26.3 Å². The molecule has 0 saturated carbocycles. The lowest BCUT2D eigenvalue weighted by molar-refractivity contribution is 0.0919. The Kier molecular flexibility index (Phi) is 6.61. The molecule has 0 aliphatic rings. The van der Waals surface area contributed by atoms with Crippen LogP contribution in [0.15, 0.2) is 57.5 Å². The van der Waals surface area contributed by atoms with Gasteiger partial charge in [-0.05, 0) is 36.2 Å². The average molecular weight is 412 g/mol. The van der Waals surface area contributed by atoms with E-state index in [2.05, 4.69) is 31.9 Å². The molecule has 2 nitrogen and oxygen atoms in total. The van der Waals surface area contributed by atoms with Crippen molar-refractivity contribution in [3.8, 4) is 0 Å². The lowest BCUT2D eigenvalue weighted by Gasteiger charge is -2.05. The molecule has 0 amide bonds.